The molecular formula is C13H14N2O3. The first-order valence-electron chi connectivity index (χ1n) is 5.56. The number of carbonyl (C=O) groups is 2. The summed E-state index contributed by atoms with van der Waals surface area (Å²) in [5, 5.41) is 11.4. The van der Waals surface area contributed by atoms with Crippen LogP contribution in [0.1, 0.15) is 40.1 Å². The molecule has 0 radical (unpaired) electrons. The molecule has 0 aliphatic carbocycles. The van der Waals surface area contributed by atoms with E-state index in [1.807, 2.05) is 0 Å². The second kappa shape index (κ2) is 7.07. The molecule has 0 saturated heterocycles. The Kier molecular flexibility index (Phi) is 5.39. The maximum atomic E-state index is 11.6. The van der Waals surface area contributed by atoms with E-state index in [1.54, 1.807) is 0 Å². The molecule has 0 aromatic carbocycles. The Morgan fingerprint density at radius 2 is 2.17 bits per heavy atom. The number of aromatic nitrogens is 1. The molecule has 0 saturated carbocycles. The molecule has 0 unspecified atom stereocenters. The van der Waals surface area contributed by atoms with Crippen molar-refractivity contribution in [2.75, 3.05) is 6.54 Å². The van der Waals surface area contributed by atoms with Gasteiger partial charge < -0.3 is 10.4 Å². The third-order valence-electron chi connectivity index (χ3n) is 2.28. The van der Waals surface area contributed by atoms with Crippen molar-refractivity contribution in [3.63, 3.8) is 0 Å². The standard InChI is InChI=1S/C13H14N2O3/c1-2-3-4-5-8-14-12(16)11-7-6-10(9-15-11)13(17)18/h1,6-7,9H,3-5,8H2,(H,14,16)(H,17,18). The van der Waals surface area contributed by atoms with Crippen molar-refractivity contribution in [1.82, 2.24) is 10.3 Å². The molecule has 2 N–H and O–H groups in total. The van der Waals surface area contributed by atoms with Gasteiger partial charge in [0.05, 0.1) is 5.56 Å². The first-order valence-corrected chi connectivity index (χ1v) is 5.56. The van der Waals surface area contributed by atoms with Crippen LogP contribution in [0.2, 0.25) is 0 Å². The average molecular weight is 246 g/mol. The number of nitrogens with zero attached hydrogens (tertiary/aromatic N) is 1. The number of carboxylic acid groups (broad SMARTS) is 1. The van der Waals surface area contributed by atoms with Crippen molar-refractivity contribution in [2.24, 2.45) is 0 Å². The second-order valence-corrected chi connectivity index (χ2v) is 3.65. The number of hydrogen-bond donors (Lipinski definition) is 2. The molecule has 1 rings (SSSR count). The third kappa shape index (κ3) is 4.26. The van der Waals surface area contributed by atoms with Gasteiger partial charge in [-0.3, -0.25) is 9.78 Å². The number of amides is 1. The zero-order chi connectivity index (χ0) is 13.4. The van der Waals surface area contributed by atoms with Gasteiger partial charge in [-0.05, 0) is 25.0 Å². The van der Waals surface area contributed by atoms with Crippen molar-refractivity contribution < 1.29 is 14.7 Å². The Morgan fingerprint density at radius 3 is 2.72 bits per heavy atom. The smallest absolute Gasteiger partial charge is 0.337 e. The van der Waals surface area contributed by atoms with Crippen LogP contribution in [0.15, 0.2) is 18.3 Å². The fraction of sp³-hybridized carbons (Fsp3) is 0.308. The van der Waals surface area contributed by atoms with Crippen LogP contribution < -0.4 is 5.32 Å². The van der Waals surface area contributed by atoms with Gasteiger partial charge in [0.15, 0.2) is 0 Å². The van der Waals surface area contributed by atoms with Crippen LogP contribution in [0.25, 0.3) is 0 Å². The van der Waals surface area contributed by atoms with Gasteiger partial charge in [0.2, 0.25) is 0 Å². The first-order chi connectivity index (χ1) is 8.65. The maximum Gasteiger partial charge on any atom is 0.337 e. The van der Waals surface area contributed by atoms with Crippen molar-refractivity contribution in [3.05, 3.63) is 29.6 Å². The van der Waals surface area contributed by atoms with E-state index in [0.29, 0.717) is 13.0 Å². The van der Waals surface area contributed by atoms with Gasteiger partial charge in [0.25, 0.3) is 5.91 Å². The predicted octanol–water partition coefficient (Wildman–Crippen LogP) is 1.31. The Bertz CT molecular complexity index is 460. The number of terminal acetylenes is 1. The number of pyridine rings is 1. The first kappa shape index (κ1) is 13.7. The van der Waals surface area contributed by atoms with Gasteiger partial charge in [0, 0.05) is 19.2 Å². The molecular weight excluding hydrogens is 232 g/mol. The van der Waals surface area contributed by atoms with Gasteiger partial charge in [-0.2, -0.15) is 0 Å². The SMILES string of the molecule is C#CCCCCNC(=O)c1ccc(C(=O)O)cn1. The van der Waals surface area contributed by atoms with Gasteiger partial charge >= 0.3 is 5.97 Å². The summed E-state index contributed by atoms with van der Waals surface area (Å²) in [5.74, 6) is 1.15. The average Bonchev–Trinajstić information content (AvgIpc) is 2.38. The summed E-state index contributed by atoms with van der Waals surface area (Å²) in [6, 6.07) is 2.74. The molecule has 94 valence electrons. The predicted molar refractivity (Wildman–Crippen MR) is 66.2 cm³/mol. The van der Waals surface area contributed by atoms with Crippen molar-refractivity contribution in [1.29, 1.82) is 0 Å². The summed E-state index contributed by atoms with van der Waals surface area (Å²) in [6.45, 7) is 0.531. The Hall–Kier alpha value is -2.35. The van der Waals surface area contributed by atoms with E-state index < -0.39 is 5.97 Å². The van der Waals surface area contributed by atoms with Gasteiger partial charge in [-0.25, -0.2) is 4.79 Å². The lowest BCUT2D eigenvalue weighted by molar-refractivity contribution is 0.0695. The third-order valence-corrected chi connectivity index (χ3v) is 2.28. The van der Waals surface area contributed by atoms with E-state index in [-0.39, 0.29) is 17.2 Å². The molecule has 0 atom stereocenters. The molecule has 1 aromatic heterocycles. The van der Waals surface area contributed by atoms with Crippen molar-refractivity contribution >= 4 is 11.9 Å². The normalized spacial score (nSPS) is 9.50. The second-order valence-electron chi connectivity index (χ2n) is 3.65. The highest BCUT2D eigenvalue weighted by Gasteiger charge is 2.08. The van der Waals surface area contributed by atoms with Crippen molar-refractivity contribution in [2.45, 2.75) is 19.3 Å². The van der Waals surface area contributed by atoms with Gasteiger partial charge in [-0.1, -0.05) is 0 Å². The Balaban J connectivity index is 2.42. The summed E-state index contributed by atoms with van der Waals surface area (Å²) in [6.07, 6.45) is 8.63. The summed E-state index contributed by atoms with van der Waals surface area (Å²) < 4.78 is 0. The quantitative estimate of drug-likeness (QED) is 0.586. The maximum absolute atomic E-state index is 11.6. The summed E-state index contributed by atoms with van der Waals surface area (Å²) in [4.78, 5) is 26.0. The van der Waals surface area contributed by atoms with E-state index in [4.69, 9.17) is 11.5 Å². The fourth-order valence-electron chi connectivity index (χ4n) is 1.30. The minimum absolute atomic E-state index is 0.0561. The summed E-state index contributed by atoms with van der Waals surface area (Å²) >= 11 is 0. The van der Waals surface area contributed by atoms with Gasteiger partial charge in [0.1, 0.15) is 5.69 Å². The van der Waals surface area contributed by atoms with E-state index >= 15 is 0 Å². The molecule has 1 aromatic rings. The summed E-state index contributed by atoms with van der Waals surface area (Å²) in [5.41, 5.74) is 0.262. The van der Waals surface area contributed by atoms with Crippen LogP contribution in [0.5, 0.6) is 0 Å². The molecule has 1 heterocycles. The van der Waals surface area contributed by atoms with Crippen LogP contribution in [0, 0.1) is 12.3 Å². The molecule has 0 spiro atoms. The summed E-state index contributed by atoms with van der Waals surface area (Å²) in [7, 11) is 0. The number of carbonyl (C=O) groups excluding carboxylic acids is 1. The van der Waals surface area contributed by atoms with E-state index in [0.717, 1.165) is 19.0 Å². The lowest BCUT2D eigenvalue weighted by Gasteiger charge is -2.03. The number of aromatic carboxylic acids is 1. The van der Waals surface area contributed by atoms with E-state index in [1.165, 1.54) is 12.1 Å². The van der Waals surface area contributed by atoms with Crippen LogP contribution in [-0.2, 0) is 0 Å². The van der Waals surface area contributed by atoms with Crippen LogP contribution in [-0.4, -0.2) is 28.5 Å². The fourth-order valence-corrected chi connectivity index (χ4v) is 1.30. The molecule has 0 aliphatic heterocycles. The minimum Gasteiger partial charge on any atom is -0.478 e. The minimum atomic E-state index is -1.07. The zero-order valence-electron chi connectivity index (χ0n) is 9.85. The van der Waals surface area contributed by atoms with Crippen LogP contribution in [0.4, 0.5) is 0 Å². The topological polar surface area (TPSA) is 79.3 Å². The highest BCUT2D eigenvalue weighted by Crippen LogP contribution is 2.00. The number of carboxylic acids is 1. The molecule has 18 heavy (non-hydrogen) atoms. The molecule has 5 nitrogen and oxygen atoms in total. The number of unbranched alkanes of at least 4 members (excludes halogenated alkanes) is 2. The zero-order valence-corrected chi connectivity index (χ0v) is 9.85. The molecule has 0 fully saturated rings. The van der Waals surface area contributed by atoms with Crippen LogP contribution in [0.3, 0.4) is 0 Å². The number of hydrogen-bond acceptors (Lipinski definition) is 3. The molecule has 1 amide bonds. The number of nitrogens with one attached hydrogen (secondary N) is 1. The lowest BCUT2D eigenvalue weighted by Crippen LogP contribution is -2.25. The van der Waals surface area contributed by atoms with Crippen molar-refractivity contribution in [3.8, 4) is 12.3 Å². The molecule has 0 bridgehead atoms. The highest BCUT2D eigenvalue weighted by molar-refractivity contribution is 5.93. The van der Waals surface area contributed by atoms with E-state index in [9.17, 15) is 9.59 Å². The lowest BCUT2D eigenvalue weighted by atomic mass is 10.2. The van der Waals surface area contributed by atoms with E-state index in [2.05, 4.69) is 16.2 Å². The monoisotopic (exact) mass is 246 g/mol. The van der Waals surface area contributed by atoms with Gasteiger partial charge in [-0.15, -0.1) is 12.3 Å². The number of rotatable bonds is 6. The Morgan fingerprint density at radius 1 is 1.39 bits per heavy atom. The molecule has 5 heteroatoms. The Labute approximate surface area is 105 Å². The largest absolute Gasteiger partial charge is 0.478 e. The highest BCUT2D eigenvalue weighted by atomic mass is 16.4. The van der Waals surface area contributed by atoms with Crippen LogP contribution >= 0.6 is 0 Å². The molecule has 0 aliphatic rings.